The van der Waals surface area contributed by atoms with Crippen molar-refractivity contribution < 1.29 is 18.8 Å². The molecule has 3 rings (SSSR count). The van der Waals surface area contributed by atoms with Crippen LogP contribution in [0.3, 0.4) is 0 Å². The van der Waals surface area contributed by atoms with Crippen LogP contribution >= 0.6 is 0 Å². The lowest BCUT2D eigenvalue weighted by atomic mass is 10.1. The Kier molecular flexibility index (Phi) is 4.14. The fraction of sp³-hybridized carbons (Fsp3) is 0.353. The van der Waals surface area contributed by atoms with Gasteiger partial charge in [-0.1, -0.05) is 5.16 Å². The Morgan fingerprint density at radius 2 is 2.00 bits per heavy atom. The standard InChI is InChI=1S/C17H18N2O4/c1-3-22-17(21)16(20)19(2)12-9-7-11(8-10-12)15-13-5-4-6-14(13)18-23-15/h7-10H,3-6H2,1-2H3. The first-order valence-corrected chi connectivity index (χ1v) is 7.64. The molecule has 1 heterocycles. The van der Waals surface area contributed by atoms with Crippen LogP contribution in [0.15, 0.2) is 28.8 Å². The van der Waals surface area contributed by atoms with Crippen molar-refractivity contribution in [3.8, 4) is 11.3 Å². The van der Waals surface area contributed by atoms with Gasteiger partial charge in [0.2, 0.25) is 0 Å². The number of nitrogens with zero attached hydrogens (tertiary/aromatic N) is 2. The third kappa shape index (κ3) is 2.84. The van der Waals surface area contributed by atoms with Crippen molar-refractivity contribution in [3.05, 3.63) is 35.5 Å². The van der Waals surface area contributed by atoms with Crippen molar-refractivity contribution in [1.82, 2.24) is 5.16 Å². The van der Waals surface area contributed by atoms with E-state index < -0.39 is 11.9 Å². The molecule has 0 unspecified atom stereocenters. The Hall–Kier alpha value is -2.63. The molecule has 0 saturated carbocycles. The second-order valence-corrected chi connectivity index (χ2v) is 5.42. The molecule has 0 spiro atoms. The number of likely N-dealkylation sites (N-methyl/N-ethyl adjacent to an activating group) is 1. The van der Waals surface area contributed by atoms with Gasteiger partial charge < -0.3 is 14.2 Å². The van der Waals surface area contributed by atoms with Crippen LogP contribution < -0.4 is 4.90 Å². The molecular formula is C17H18N2O4. The Morgan fingerprint density at radius 1 is 1.26 bits per heavy atom. The minimum absolute atomic E-state index is 0.175. The number of carbonyl (C=O) groups excluding carboxylic acids is 2. The maximum absolute atomic E-state index is 11.9. The van der Waals surface area contributed by atoms with Gasteiger partial charge in [0.15, 0.2) is 5.76 Å². The molecule has 2 aromatic rings. The fourth-order valence-electron chi connectivity index (χ4n) is 2.74. The van der Waals surface area contributed by atoms with E-state index in [1.807, 2.05) is 12.1 Å². The summed E-state index contributed by atoms with van der Waals surface area (Å²) >= 11 is 0. The van der Waals surface area contributed by atoms with Gasteiger partial charge in [0.05, 0.1) is 12.3 Å². The average Bonchev–Trinajstić information content (AvgIpc) is 3.17. The van der Waals surface area contributed by atoms with Gasteiger partial charge in [0.25, 0.3) is 0 Å². The number of fused-ring (bicyclic) bond motifs is 1. The first kappa shape index (κ1) is 15.3. The van der Waals surface area contributed by atoms with Crippen molar-refractivity contribution in [1.29, 1.82) is 0 Å². The number of ether oxygens (including phenoxy) is 1. The number of hydrogen-bond acceptors (Lipinski definition) is 5. The number of anilines is 1. The number of hydrogen-bond donors (Lipinski definition) is 0. The minimum atomic E-state index is -0.855. The molecule has 0 saturated heterocycles. The number of carbonyl (C=O) groups is 2. The zero-order chi connectivity index (χ0) is 16.4. The van der Waals surface area contributed by atoms with Gasteiger partial charge in [-0.2, -0.15) is 0 Å². The summed E-state index contributed by atoms with van der Waals surface area (Å²) in [5, 5.41) is 4.10. The molecule has 1 aliphatic carbocycles. The lowest BCUT2D eigenvalue weighted by Crippen LogP contribution is -2.34. The third-order valence-corrected chi connectivity index (χ3v) is 3.98. The molecule has 6 heteroatoms. The average molecular weight is 314 g/mol. The van der Waals surface area contributed by atoms with E-state index >= 15 is 0 Å². The van der Waals surface area contributed by atoms with Crippen LogP contribution in [-0.2, 0) is 27.2 Å². The summed E-state index contributed by atoms with van der Waals surface area (Å²) in [6.07, 6.45) is 3.06. The van der Waals surface area contributed by atoms with E-state index in [0.717, 1.165) is 36.3 Å². The second-order valence-electron chi connectivity index (χ2n) is 5.42. The molecule has 0 aliphatic heterocycles. The molecule has 120 valence electrons. The highest BCUT2D eigenvalue weighted by molar-refractivity contribution is 6.37. The van der Waals surface area contributed by atoms with Crippen LogP contribution in [0.1, 0.15) is 24.6 Å². The van der Waals surface area contributed by atoms with Crippen molar-refractivity contribution in [2.24, 2.45) is 0 Å². The molecule has 1 aliphatic rings. The van der Waals surface area contributed by atoms with Crippen LogP contribution in [0.25, 0.3) is 11.3 Å². The van der Waals surface area contributed by atoms with Gasteiger partial charge in [-0.3, -0.25) is 4.79 Å². The fourth-order valence-corrected chi connectivity index (χ4v) is 2.74. The summed E-state index contributed by atoms with van der Waals surface area (Å²) in [6.45, 7) is 1.84. The molecule has 0 N–H and O–H groups in total. The van der Waals surface area contributed by atoms with Crippen molar-refractivity contribution in [2.75, 3.05) is 18.6 Å². The van der Waals surface area contributed by atoms with Gasteiger partial charge >= 0.3 is 11.9 Å². The molecule has 1 aromatic carbocycles. The Balaban J connectivity index is 1.79. The number of rotatable bonds is 3. The third-order valence-electron chi connectivity index (χ3n) is 3.98. The number of amides is 1. The van der Waals surface area contributed by atoms with E-state index in [2.05, 4.69) is 5.16 Å². The van der Waals surface area contributed by atoms with E-state index in [0.29, 0.717) is 5.69 Å². The maximum Gasteiger partial charge on any atom is 0.397 e. The lowest BCUT2D eigenvalue weighted by molar-refractivity contribution is -0.153. The number of aromatic nitrogens is 1. The van der Waals surface area contributed by atoms with Crippen LogP contribution in [0.2, 0.25) is 0 Å². The number of aryl methyl sites for hydroxylation is 1. The summed E-state index contributed by atoms with van der Waals surface area (Å²) in [5.41, 5.74) is 3.75. The van der Waals surface area contributed by atoms with Crippen molar-refractivity contribution >= 4 is 17.6 Å². The smallest absolute Gasteiger partial charge is 0.397 e. The van der Waals surface area contributed by atoms with E-state index in [9.17, 15) is 9.59 Å². The number of benzene rings is 1. The summed E-state index contributed by atoms with van der Waals surface area (Å²) in [5.74, 6) is -0.754. The van der Waals surface area contributed by atoms with Gasteiger partial charge in [-0.15, -0.1) is 0 Å². The van der Waals surface area contributed by atoms with Gasteiger partial charge in [-0.05, 0) is 50.5 Å². The maximum atomic E-state index is 11.9. The van der Waals surface area contributed by atoms with Crippen LogP contribution in [0.4, 0.5) is 5.69 Å². The summed E-state index contributed by atoms with van der Waals surface area (Å²) in [7, 11) is 1.54. The Morgan fingerprint density at radius 3 is 2.70 bits per heavy atom. The zero-order valence-corrected chi connectivity index (χ0v) is 13.2. The highest BCUT2D eigenvalue weighted by atomic mass is 16.5. The molecular weight excluding hydrogens is 296 g/mol. The molecule has 6 nitrogen and oxygen atoms in total. The van der Waals surface area contributed by atoms with Crippen LogP contribution in [-0.4, -0.2) is 30.7 Å². The predicted octanol–water partition coefficient (Wildman–Crippen LogP) is 2.36. The van der Waals surface area contributed by atoms with Crippen molar-refractivity contribution in [2.45, 2.75) is 26.2 Å². The first-order valence-electron chi connectivity index (χ1n) is 7.64. The van der Waals surface area contributed by atoms with Crippen LogP contribution in [0, 0.1) is 0 Å². The quantitative estimate of drug-likeness (QED) is 0.642. The summed E-state index contributed by atoms with van der Waals surface area (Å²) in [6, 6.07) is 7.28. The predicted molar refractivity (Wildman–Crippen MR) is 84.0 cm³/mol. The highest BCUT2D eigenvalue weighted by Crippen LogP contribution is 2.33. The molecule has 23 heavy (non-hydrogen) atoms. The van der Waals surface area contributed by atoms with E-state index in [1.165, 1.54) is 10.5 Å². The summed E-state index contributed by atoms with van der Waals surface area (Å²) < 4.78 is 10.2. The zero-order valence-electron chi connectivity index (χ0n) is 13.2. The van der Waals surface area contributed by atoms with Gasteiger partial charge in [-0.25, -0.2) is 4.79 Å². The largest absolute Gasteiger partial charge is 0.459 e. The topological polar surface area (TPSA) is 72.6 Å². The van der Waals surface area contributed by atoms with E-state index in [4.69, 9.17) is 9.26 Å². The second kappa shape index (κ2) is 6.24. The van der Waals surface area contributed by atoms with Crippen molar-refractivity contribution in [3.63, 3.8) is 0 Å². The SMILES string of the molecule is CCOC(=O)C(=O)N(C)c1ccc(-c2onc3c2CCC3)cc1. The first-order chi connectivity index (χ1) is 11.1. The molecule has 1 amide bonds. The molecule has 1 aromatic heterocycles. The normalized spacial score (nSPS) is 12.8. The Labute approximate surface area is 134 Å². The molecule has 0 atom stereocenters. The summed E-state index contributed by atoms with van der Waals surface area (Å²) in [4.78, 5) is 24.7. The van der Waals surface area contributed by atoms with Crippen LogP contribution in [0.5, 0.6) is 0 Å². The molecule has 0 fully saturated rings. The van der Waals surface area contributed by atoms with E-state index in [1.54, 1.807) is 26.1 Å². The minimum Gasteiger partial charge on any atom is -0.459 e. The van der Waals surface area contributed by atoms with Gasteiger partial charge in [0.1, 0.15) is 0 Å². The monoisotopic (exact) mass is 314 g/mol. The Bertz CT molecular complexity index is 734. The lowest BCUT2D eigenvalue weighted by Gasteiger charge is -2.16. The van der Waals surface area contributed by atoms with Gasteiger partial charge in [0, 0.05) is 23.9 Å². The van der Waals surface area contributed by atoms with E-state index in [-0.39, 0.29) is 6.61 Å². The highest BCUT2D eigenvalue weighted by Gasteiger charge is 2.23. The molecule has 0 bridgehead atoms. The number of esters is 1. The molecule has 0 radical (unpaired) electrons.